The first-order chi connectivity index (χ1) is 14.2. The zero-order chi connectivity index (χ0) is 21.9. The molecule has 0 radical (unpaired) electrons. The van der Waals surface area contributed by atoms with E-state index in [0.717, 1.165) is 16.9 Å². The lowest BCUT2D eigenvalue weighted by molar-refractivity contribution is -0.148. The summed E-state index contributed by atoms with van der Waals surface area (Å²) >= 11 is 0. The van der Waals surface area contributed by atoms with Gasteiger partial charge in [-0.15, -0.1) is 0 Å². The van der Waals surface area contributed by atoms with Gasteiger partial charge in [-0.05, 0) is 43.9 Å². The van der Waals surface area contributed by atoms with E-state index < -0.39 is 28.3 Å². The van der Waals surface area contributed by atoms with Crippen molar-refractivity contribution in [1.29, 1.82) is 5.26 Å². The van der Waals surface area contributed by atoms with Crippen LogP contribution >= 0.6 is 0 Å². The average Bonchev–Trinajstić information content (AvgIpc) is 3.16. The minimum Gasteiger partial charge on any atom is -0.456 e. The molecule has 0 aliphatic carbocycles. The fourth-order valence-corrected chi connectivity index (χ4v) is 5.46. The number of sulfone groups is 1. The summed E-state index contributed by atoms with van der Waals surface area (Å²) in [5.41, 5.74) is 2.69. The van der Waals surface area contributed by atoms with Crippen LogP contribution in [-0.2, 0) is 24.2 Å². The summed E-state index contributed by atoms with van der Waals surface area (Å²) in [4.78, 5) is 24.4. The van der Waals surface area contributed by atoms with Gasteiger partial charge in [0.1, 0.15) is 11.9 Å². The summed E-state index contributed by atoms with van der Waals surface area (Å²) in [6.07, 6.45) is 0.396. The lowest BCUT2D eigenvalue weighted by Gasteiger charge is -2.13. The molecule has 30 heavy (non-hydrogen) atoms. The third-order valence-corrected chi connectivity index (χ3v) is 7.08. The number of nitrogens with one attached hydrogen (secondary N) is 1. The second-order valence-electron chi connectivity index (χ2n) is 7.40. The van der Waals surface area contributed by atoms with E-state index in [9.17, 15) is 23.3 Å². The number of anilines is 1. The number of hydrogen-bond donors (Lipinski definition) is 1. The highest BCUT2D eigenvalue weighted by Crippen LogP contribution is 2.30. The number of nitrogens with zero attached hydrogens (tertiary/aromatic N) is 2. The Hall–Kier alpha value is -3.12. The van der Waals surface area contributed by atoms with Gasteiger partial charge in [-0.1, -0.05) is 18.2 Å². The fourth-order valence-electron chi connectivity index (χ4n) is 3.60. The molecule has 1 amide bonds. The summed E-state index contributed by atoms with van der Waals surface area (Å²) in [5.74, 6) is -1.08. The van der Waals surface area contributed by atoms with Crippen LogP contribution in [0.5, 0.6) is 0 Å². The Morgan fingerprint density at radius 1 is 1.27 bits per heavy atom. The number of hydrogen-bond acceptors (Lipinski definition) is 6. The quantitative estimate of drug-likeness (QED) is 0.704. The van der Waals surface area contributed by atoms with E-state index in [1.807, 2.05) is 37.3 Å². The highest BCUT2D eigenvalue weighted by molar-refractivity contribution is 7.91. The Bertz CT molecular complexity index is 1110. The van der Waals surface area contributed by atoms with Gasteiger partial charge in [0, 0.05) is 17.8 Å². The van der Waals surface area contributed by atoms with Crippen molar-refractivity contribution in [2.45, 2.75) is 26.7 Å². The molecule has 1 saturated heterocycles. The third-order valence-electron chi connectivity index (χ3n) is 5.24. The molecule has 1 aromatic heterocycles. The monoisotopic (exact) mass is 429 g/mol. The van der Waals surface area contributed by atoms with Crippen molar-refractivity contribution in [1.82, 2.24) is 4.57 Å². The summed E-state index contributed by atoms with van der Waals surface area (Å²) in [7, 11) is -3.07. The molecule has 1 atom stereocenters. The molecule has 1 fully saturated rings. The number of rotatable bonds is 6. The van der Waals surface area contributed by atoms with Crippen molar-refractivity contribution < 1.29 is 22.7 Å². The Morgan fingerprint density at radius 3 is 2.57 bits per heavy atom. The van der Waals surface area contributed by atoms with Crippen LogP contribution < -0.4 is 5.32 Å². The highest BCUT2D eigenvalue weighted by Gasteiger charge is 2.30. The number of benzene rings is 1. The summed E-state index contributed by atoms with van der Waals surface area (Å²) in [6, 6.07) is 11.4. The molecule has 1 unspecified atom stereocenters. The SMILES string of the molecule is Cc1c(C#N)c(NC(=O)COC(=O)CC2CCS(=O)(=O)C2)n(-c2ccccc2)c1C. The molecule has 3 rings (SSSR count). The van der Waals surface area contributed by atoms with Crippen molar-refractivity contribution >= 4 is 27.5 Å². The Balaban J connectivity index is 1.69. The molecule has 0 spiro atoms. The third kappa shape index (κ3) is 4.71. The van der Waals surface area contributed by atoms with Crippen molar-refractivity contribution in [3.8, 4) is 11.8 Å². The van der Waals surface area contributed by atoms with E-state index in [2.05, 4.69) is 11.4 Å². The first kappa shape index (κ1) is 21.6. The molecule has 1 aliphatic rings. The predicted molar refractivity (Wildman–Crippen MR) is 111 cm³/mol. The Labute approximate surface area is 175 Å². The van der Waals surface area contributed by atoms with E-state index in [0.29, 0.717) is 17.8 Å². The van der Waals surface area contributed by atoms with Crippen molar-refractivity contribution in [3.63, 3.8) is 0 Å². The Kier molecular flexibility index (Phi) is 6.27. The maximum absolute atomic E-state index is 12.4. The number of nitriles is 1. The average molecular weight is 429 g/mol. The number of aromatic nitrogens is 1. The van der Waals surface area contributed by atoms with E-state index in [-0.39, 0.29) is 23.8 Å². The van der Waals surface area contributed by atoms with Crippen molar-refractivity contribution in [3.05, 3.63) is 47.2 Å². The van der Waals surface area contributed by atoms with E-state index in [1.54, 1.807) is 11.5 Å². The first-order valence-electron chi connectivity index (χ1n) is 9.55. The minimum atomic E-state index is -3.07. The molecule has 2 aromatic rings. The lowest BCUT2D eigenvalue weighted by Crippen LogP contribution is -2.23. The molecule has 158 valence electrons. The van der Waals surface area contributed by atoms with Crippen molar-refractivity contribution in [2.24, 2.45) is 5.92 Å². The van der Waals surface area contributed by atoms with Gasteiger partial charge in [0.15, 0.2) is 16.4 Å². The van der Waals surface area contributed by atoms with Crippen LogP contribution in [0, 0.1) is 31.1 Å². The number of para-hydroxylation sites is 1. The van der Waals surface area contributed by atoms with E-state index >= 15 is 0 Å². The highest BCUT2D eigenvalue weighted by atomic mass is 32.2. The van der Waals surface area contributed by atoms with Gasteiger partial charge in [0.05, 0.1) is 17.1 Å². The van der Waals surface area contributed by atoms with Gasteiger partial charge in [-0.2, -0.15) is 5.26 Å². The second-order valence-corrected chi connectivity index (χ2v) is 9.63. The molecule has 0 bridgehead atoms. The summed E-state index contributed by atoms with van der Waals surface area (Å²) in [6.45, 7) is 3.15. The van der Waals surface area contributed by atoms with Gasteiger partial charge in [-0.25, -0.2) is 8.42 Å². The molecule has 1 aliphatic heterocycles. The number of amides is 1. The molecule has 9 heteroatoms. The molecule has 1 N–H and O–H groups in total. The number of ether oxygens (including phenoxy) is 1. The van der Waals surface area contributed by atoms with Gasteiger partial charge >= 0.3 is 5.97 Å². The molecule has 1 aromatic carbocycles. The maximum atomic E-state index is 12.4. The van der Waals surface area contributed by atoms with Crippen LogP contribution in [0.2, 0.25) is 0 Å². The van der Waals surface area contributed by atoms with E-state index in [1.165, 1.54) is 0 Å². The number of carbonyl (C=O) groups is 2. The molecule has 0 saturated carbocycles. The van der Waals surface area contributed by atoms with Crippen molar-refractivity contribution in [2.75, 3.05) is 23.4 Å². The summed E-state index contributed by atoms with van der Waals surface area (Å²) < 4.78 is 29.8. The van der Waals surface area contributed by atoms with Crippen LogP contribution in [-0.4, -0.2) is 43.0 Å². The topological polar surface area (TPSA) is 118 Å². The van der Waals surface area contributed by atoms with Crippen LogP contribution in [0.3, 0.4) is 0 Å². The second kappa shape index (κ2) is 8.71. The predicted octanol–water partition coefficient (Wildman–Crippen LogP) is 2.27. The molecular weight excluding hydrogens is 406 g/mol. The first-order valence-corrected chi connectivity index (χ1v) is 11.4. The van der Waals surface area contributed by atoms with Gasteiger partial charge in [-0.3, -0.25) is 14.2 Å². The molecule has 8 nitrogen and oxygen atoms in total. The smallest absolute Gasteiger partial charge is 0.306 e. The normalized spacial score (nSPS) is 17.3. The van der Waals surface area contributed by atoms with Crippen LogP contribution in [0.15, 0.2) is 30.3 Å². The minimum absolute atomic E-state index is 0.0248. The standard InChI is InChI=1S/C21H23N3O5S/c1-14-15(2)24(17-6-4-3-5-7-17)21(18(14)11-22)23-19(25)12-29-20(26)10-16-8-9-30(27,28)13-16/h3-7,16H,8-10,12-13H2,1-2H3,(H,23,25). The van der Waals surface area contributed by atoms with Crippen LogP contribution in [0.25, 0.3) is 5.69 Å². The van der Waals surface area contributed by atoms with Crippen LogP contribution in [0.1, 0.15) is 29.7 Å². The zero-order valence-corrected chi connectivity index (χ0v) is 17.7. The zero-order valence-electron chi connectivity index (χ0n) is 16.8. The van der Waals surface area contributed by atoms with Gasteiger partial charge in [0.25, 0.3) is 5.91 Å². The summed E-state index contributed by atoms with van der Waals surface area (Å²) in [5, 5.41) is 12.2. The largest absolute Gasteiger partial charge is 0.456 e. The lowest BCUT2D eigenvalue weighted by atomic mass is 10.1. The molecule has 2 heterocycles. The maximum Gasteiger partial charge on any atom is 0.306 e. The van der Waals surface area contributed by atoms with Crippen LogP contribution in [0.4, 0.5) is 5.82 Å². The fraction of sp³-hybridized carbons (Fsp3) is 0.381. The number of esters is 1. The number of carbonyl (C=O) groups excluding carboxylic acids is 2. The Morgan fingerprint density at radius 2 is 1.97 bits per heavy atom. The molecular formula is C21H23N3O5S. The van der Waals surface area contributed by atoms with E-state index in [4.69, 9.17) is 4.74 Å². The van der Waals surface area contributed by atoms with Gasteiger partial charge in [0.2, 0.25) is 0 Å². The van der Waals surface area contributed by atoms with Gasteiger partial charge < -0.3 is 10.1 Å².